The van der Waals surface area contributed by atoms with Crippen LogP contribution in [0.4, 0.5) is 19.0 Å². The summed E-state index contributed by atoms with van der Waals surface area (Å²) in [6.07, 6.45) is -3.06. The van der Waals surface area contributed by atoms with Crippen molar-refractivity contribution < 1.29 is 17.6 Å². The van der Waals surface area contributed by atoms with Crippen LogP contribution in [0.5, 0.6) is 0 Å². The normalized spacial score (nSPS) is 11.8. The van der Waals surface area contributed by atoms with Gasteiger partial charge in [-0.3, -0.25) is 4.57 Å². The molecule has 3 aromatic rings. The Hall–Kier alpha value is -2.56. The molecule has 0 spiro atoms. The molecule has 0 saturated carbocycles. The number of anilines is 1. The van der Waals surface area contributed by atoms with E-state index >= 15 is 0 Å². The van der Waals surface area contributed by atoms with E-state index in [4.69, 9.17) is 4.42 Å². The molecular formula is C15H15F3N6OS. The second-order valence-corrected chi connectivity index (χ2v) is 6.35. The summed E-state index contributed by atoms with van der Waals surface area (Å²) < 4.78 is 46.4. The highest BCUT2D eigenvalue weighted by Gasteiger charge is 2.34. The van der Waals surface area contributed by atoms with E-state index in [1.165, 1.54) is 11.2 Å². The number of rotatable bonds is 5. The highest BCUT2D eigenvalue weighted by atomic mass is 32.2. The fourth-order valence-electron chi connectivity index (χ4n) is 2.15. The third kappa shape index (κ3) is 3.66. The number of aromatic nitrogens is 5. The topological polar surface area (TPSA) is 72.9 Å². The lowest BCUT2D eigenvalue weighted by atomic mass is 10.4. The van der Waals surface area contributed by atoms with Gasteiger partial charge >= 0.3 is 6.18 Å². The molecule has 0 aliphatic heterocycles. The summed E-state index contributed by atoms with van der Waals surface area (Å²) in [5, 5.41) is 8.43. The highest BCUT2D eigenvalue weighted by Crippen LogP contribution is 2.33. The van der Waals surface area contributed by atoms with Crippen LogP contribution in [0.25, 0.3) is 11.6 Å². The average Bonchev–Trinajstić information content (AvgIpc) is 3.22. The van der Waals surface area contributed by atoms with Gasteiger partial charge in [0.2, 0.25) is 0 Å². The third-order valence-corrected chi connectivity index (χ3v) is 4.25. The number of nitrogens with zero attached hydrogens (tertiary/aromatic N) is 6. The lowest BCUT2D eigenvalue weighted by molar-refractivity contribution is -0.141. The molecule has 0 aromatic carbocycles. The summed E-state index contributed by atoms with van der Waals surface area (Å²) in [5.74, 6) is 1.16. The van der Waals surface area contributed by atoms with Crippen molar-refractivity contribution >= 4 is 17.6 Å². The van der Waals surface area contributed by atoms with Crippen molar-refractivity contribution in [2.75, 3.05) is 19.0 Å². The van der Waals surface area contributed by atoms with E-state index < -0.39 is 11.9 Å². The lowest BCUT2D eigenvalue weighted by Gasteiger charge is -2.15. The second kappa shape index (κ2) is 6.98. The van der Waals surface area contributed by atoms with Crippen molar-refractivity contribution in [1.82, 2.24) is 24.7 Å². The number of alkyl halides is 3. The molecule has 0 aliphatic carbocycles. The Morgan fingerprint density at radius 2 is 2.00 bits per heavy atom. The first-order valence-corrected chi connectivity index (χ1v) is 8.39. The zero-order chi connectivity index (χ0) is 18.9. The largest absolute Gasteiger partial charge is 0.461 e. The van der Waals surface area contributed by atoms with Gasteiger partial charge < -0.3 is 9.32 Å². The van der Waals surface area contributed by atoms with Gasteiger partial charge in [0.05, 0.1) is 6.26 Å². The van der Waals surface area contributed by atoms with Crippen LogP contribution in [0.1, 0.15) is 12.6 Å². The summed E-state index contributed by atoms with van der Waals surface area (Å²) >= 11 is 0.918. The second-order valence-electron chi connectivity index (χ2n) is 5.42. The Morgan fingerprint density at radius 3 is 2.58 bits per heavy atom. The molecule has 0 bridgehead atoms. The van der Waals surface area contributed by atoms with Crippen molar-refractivity contribution in [1.29, 1.82) is 0 Å². The molecule has 0 saturated heterocycles. The van der Waals surface area contributed by atoms with Gasteiger partial charge in [-0.1, -0.05) is 0 Å². The molecule has 26 heavy (non-hydrogen) atoms. The average molecular weight is 384 g/mol. The van der Waals surface area contributed by atoms with E-state index in [-0.39, 0.29) is 11.0 Å². The minimum Gasteiger partial charge on any atom is -0.461 e. The molecule has 0 fully saturated rings. The van der Waals surface area contributed by atoms with Gasteiger partial charge in [0, 0.05) is 26.7 Å². The summed E-state index contributed by atoms with van der Waals surface area (Å²) in [6.45, 7) is 2.38. The first-order valence-electron chi connectivity index (χ1n) is 7.58. The Morgan fingerprint density at radius 1 is 1.23 bits per heavy atom. The van der Waals surface area contributed by atoms with Gasteiger partial charge in [0.1, 0.15) is 5.82 Å². The maximum absolute atomic E-state index is 13.1. The minimum atomic E-state index is -4.57. The number of hydrogen-bond donors (Lipinski definition) is 0. The van der Waals surface area contributed by atoms with Crippen LogP contribution in [0.15, 0.2) is 39.2 Å². The summed E-state index contributed by atoms with van der Waals surface area (Å²) in [5.41, 5.74) is -1.01. The van der Waals surface area contributed by atoms with Crippen molar-refractivity contribution in [3.05, 3.63) is 30.2 Å². The van der Waals surface area contributed by atoms with E-state index in [9.17, 15) is 13.2 Å². The van der Waals surface area contributed by atoms with Crippen LogP contribution in [0.2, 0.25) is 0 Å². The van der Waals surface area contributed by atoms with Crippen molar-refractivity contribution in [3.8, 4) is 11.6 Å². The molecular weight excluding hydrogens is 369 g/mol. The molecule has 3 aromatic heterocycles. The van der Waals surface area contributed by atoms with Crippen LogP contribution < -0.4 is 4.90 Å². The number of hydrogen-bond acceptors (Lipinski definition) is 7. The van der Waals surface area contributed by atoms with Crippen LogP contribution in [0.3, 0.4) is 0 Å². The predicted molar refractivity (Wildman–Crippen MR) is 88.9 cm³/mol. The molecule has 0 atom stereocenters. The zero-order valence-corrected chi connectivity index (χ0v) is 15.0. The van der Waals surface area contributed by atoms with E-state index in [2.05, 4.69) is 20.2 Å². The molecule has 7 nitrogen and oxygen atoms in total. The van der Waals surface area contributed by atoms with Gasteiger partial charge in [-0.05, 0) is 30.8 Å². The first kappa shape index (κ1) is 18.2. The minimum absolute atomic E-state index is 0.0587. The van der Waals surface area contributed by atoms with Crippen molar-refractivity contribution in [2.45, 2.75) is 30.0 Å². The molecule has 3 rings (SSSR count). The maximum Gasteiger partial charge on any atom is 0.433 e. The Kier molecular flexibility index (Phi) is 4.90. The number of halogens is 3. The van der Waals surface area contributed by atoms with Crippen LogP contribution in [0, 0.1) is 0 Å². The SMILES string of the molecule is CCn1c(Sc2nc(N(C)C)cc(C(F)(F)F)n2)nnc1-c1ccco1. The monoisotopic (exact) mass is 384 g/mol. The Labute approximate surface area is 151 Å². The standard InChI is InChI=1S/C15H15F3N6OS/c1-4-24-12(9-6-5-7-25-9)21-22-14(24)26-13-19-10(15(16,17)18)8-11(20-13)23(2)3/h5-8H,4H2,1-3H3. The molecule has 3 heterocycles. The lowest BCUT2D eigenvalue weighted by Crippen LogP contribution is -2.16. The van der Waals surface area contributed by atoms with Gasteiger partial charge in [0.25, 0.3) is 0 Å². The molecule has 0 unspecified atom stereocenters. The Bertz CT molecular complexity index is 891. The predicted octanol–water partition coefficient (Wildman–Crippen LogP) is 3.58. The quantitative estimate of drug-likeness (QED) is 0.623. The van der Waals surface area contributed by atoms with Gasteiger partial charge in [0.15, 0.2) is 27.6 Å². The molecule has 0 amide bonds. The molecule has 0 aliphatic rings. The third-order valence-electron chi connectivity index (χ3n) is 3.40. The first-order chi connectivity index (χ1) is 12.3. The smallest absolute Gasteiger partial charge is 0.433 e. The van der Waals surface area contributed by atoms with Gasteiger partial charge in [-0.2, -0.15) is 13.2 Å². The van der Waals surface area contributed by atoms with Gasteiger partial charge in [-0.25, -0.2) is 9.97 Å². The van der Waals surface area contributed by atoms with Crippen LogP contribution in [-0.2, 0) is 12.7 Å². The van der Waals surface area contributed by atoms with Crippen LogP contribution in [-0.4, -0.2) is 38.8 Å². The molecule has 138 valence electrons. The fourth-order valence-corrected chi connectivity index (χ4v) is 3.01. The van der Waals surface area contributed by atoms with E-state index in [0.29, 0.717) is 23.3 Å². The number of furan rings is 1. The molecule has 0 N–H and O–H groups in total. The summed E-state index contributed by atoms with van der Waals surface area (Å²) in [6, 6.07) is 4.36. The zero-order valence-electron chi connectivity index (χ0n) is 14.2. The van der Waals surface area contributed by atoms with Crippen molar-refractivity contribution in [3.63, 3.8) is 0 Å². The van der Waals surface area contributed by atoms with Crippen molar-refractivity contribution in [2.24, 2.45) is 0 Å². The van der Waals surface area contributed by atoms with E-state index in [0.717, 1.165) is 17.8 Å². The summed E-state index contributed by atoms with van der Waals surface area (Å²) in [7, 11) is 3.22. The van der Waals surface area contributed by atoms with E-state index in [1.807, 2.05) is 6.92 Å². The maximum atomic E-state index is 13.1. The van der Waals surface area contributed by atoms with E-state index in [1.54, 1.807) is 30.8 Å². The van der Waals surface area contributed by atoms with Gasteiger partial charge in [-0.15, -0.1) is 10.2 Å². The molecule has 0 radical (unpaired) electrons. The van der Waals surface area contributed by atoms with Crippen LogP contribution >= 0.6 is 11.8 Å². The summed E-state index contributed by atoms with van der Waals surface area (Å²) in [4.78, 5) is 9.27. The highest BCUT2D eigenvalue weighted by molar-refractivity contribution is 7.99. The molecule has 11 heteroatoms. The fraction of sp³-hybridized carbons (Fsp3) is 0.333. The Balaban J connectivity index is 2.00.